The molecule has 1 aromatic rings. The smallest absolute Gasteiger partial charge is 0.236 e. The van der Waals surface area contributed by atoms with Gasteiger partial charge in [0.1, 0.15) is 6.04 Å². The van der Waals surface area contributed by atoms with Gasteiger partial charge in [0.05, 0.1) is 14.2 Å². The number of fused-ring (bicyclic) bond motifs is 1. The fourth-order valence-corrected chi connectivity index (χ4v) is 3.02. The van der Waals surface area contributed by atoms with Crippen molar-refractivity contribution in [2.75, 3.05) is 21.3 Å². The van der Waals surface area contributed by atoms with E-state index in [-0.39, 0.29) is 11.9 Å². The second-order valence-corrected chi connectivity index (χ2v) is 5.27. The molecule has 5 nitrogen and oxygen atoms in total. The molecule has 0 bridgehead atoms. The van der Waals surface area contributed by atoms with Crippen molar-refractivity contribution in [3.8, 4) is 11.5 Å². The maximum absolute atomic E-state index is 11.4. The van der Waals surface area contributed by atoms with Gasteiger partial charge in [0.25, 0.3) is 0 Å². The molecule has 1 aliphatic rings. The minimum atomic E-state index is -0.314. The topological polar surface area (TPSA) is 64.8 Å². The van der Waals surface area contributed by atoms with Gasteiger partial charge in [-0.15, -0.1) is 0 Å². The number of likely N-dealkylation sites (N-methyl/N-ethyl adjacent to an activating group) is 1. The minimum Gasteiger partial charge on any atom is -0.493 e. The van der Waals surface area contributed by atoms with Gasteiger partial charge in [-0.2, -0.15) is 0 Å². The molecule has 0 aliphatic carbocycles. The van der Waals surface area contributed by atoms with E-state index in [9.17, 15) is 4.79 Å². The average Bonchev–Trinajstić information content (AvgIpc) is 2.36. The van der Waals surface area contributed by atoms with Gasteiger partial charge < -0.3 is 15.2 Å². The van der Waals surface area contributed by atoms with E-state index in [0.717, 1.165) is 10.5 Å². The summed E-state index contributed by atoms with van der Waals surface area (Å²) in [6, 6.07) is 3.54. The number of nitrogens with two attached hydrogens (primary N) is 1. The number of hydrogen-bond donors (Lipinski definition) is 1. The highest BCUT2D eigenvalue weighted by atomic mass is 32.2. The first-order valence-electron chi connectivity index (χ1n) is 5.51. The van der Waals surface area contributed by atoms with Crippen LogP contribution in [0.1, 0.15) is 5.56 Å². The highest BCUT2D eigenvalue weighted by Gasteiger charge is 2.29. The van der Waals surface area contributed by atoms with E-state index in [1.807, 2.05) is 23.5 Å². The Morgan fingerprint density at radius 2 is 2.00 bits per heavy atom. The van der Waals surface area contributed by atoms with E-state index in [4.69, 9.17) is 15.2 Å². The standard InChI is InChI=1S/C12H16N2O3S/c1-14-8(12(13)15)4-7-5-9(16-2)10(17-3)6-11(7)18-14/h5-6,8H,4H2,1-3H3,(H2,13,15). The normalized spacial score (nSPS) is 19.2. The average molecular weight is 268 g/mol. The lowest BCUT2D eigenvalue weighted by Gasteiger charge is -2.31. The Hall–Kier alpha value is -1.40. The lowest BCUT2D eigenvalue weighted by Crippen LogP contribution is -2.42. The Morgan fingerprint density at radius 3 is 2.56 bits per heavy atom. The Labute approximate surface area is 110 Å². The molecule has 1 heterocycles. The molecule has 2 rings (SSSR count). The van der Waals surface area contributed by atoms with Crippen molar-refractivity contribution in [3.05, 3.63) is 17.7 Å². The lowest BCUT2D eigenvalue weighted by molar-refractivity contribution is -0.121. The van der Waals surface area contributed by atoms with E-state index in [1.54, 1.807) is 14.2 Å². The molecule has 0 aromatic heterocycles. The summed E-state index contributed by atoms with van der Waals surface area (Å²) in [6.45, 7) is 0. The maximum atomic E-state index is 11.4. The van der Waals surface area contributed by atoms with Crippen molar-refractivity contribution in [3.63, 3.8) is 0 Å². The Bertz CT molecular complexity index is 479. The van der Waals surface area contributed by atoms with Gasteiger partial charge in [0.15, 0.2) is 11.5 Å². The third-order valence-corrected chi connectivity index (χ3v) is 4.11. The summed E-state index contributed by atoms with van der Waals surface area (Å²) in [6.07, 6.45) is 0.592. The first kappa shape index (κ1) is 13.0. The predicted octanol–water partition coefficient (Wildman–Crippen LogP) is 1.05. The monoisotopic (exact) mass is 268 g/mol. The van der Waals surface area contributed by atoms with E-state index in [1.165, 1.54) is 11.9 Å². The number of ether oxygens (including phenoxy) is 2. The first-order valence-corrected chi connectivity index (χ1v) is 6.29. The van der Waals surface area contributed by atoms with Crippen molar-refractivity contribution in [1.29, 1.82) is 0 Å². The first-order chi connectivity index (χ1) is 8.56. The maximum Gasteiger partial charge on any atom is 0.236 e. The van der Waals surface area contributed by atoms with E-state index in [0.29, 0.717) is 17.9 Å². The van der Waals surface area contributed by atoms with Crippen LogP contribution in [0.5, 0.6) is 11.5 Å². The van der Waals surface area contributed by atoms with Crippen molar-refractivity contribution in [2.24, 2.45) is 5.73 Å². The van der Waals surface area contributed by atoms with Gasteiger partial charge in [0, 0.05) is 4.90 Å². The number of amides is 1. The molecule has 0 radical (unpaired) electrons. The summed E-state index contributed by atoms with van der Waals surface area (Å²) < 4.78 is 12.4. The number of benzene rings is 1. The van der Waals surface area contributed by atoms with Crippen LogP contribution >= 0.6 is 11.9 Å². The van der Waals surface area contributed by atoms with Gasteiger partial charge in [-0.1, -0.05) is 0 Å². The fourth-order valence-electron chi connectivity index (χ4n) is 1.98. The number of nitrogens with zero attached hydrogens (tertiary/aromatic N) is 1. The van der Waals surface area contributed by atoms with E-state index < -0.39 is 0 Å². The van der Waals surface area contributed by atoms with Crippen LogP contribution in [0.2, 0.25) is 0 Å². The highest BCUT2D eigenvalue weighted by molar-refractivity contribution is 7.97. The second-order valence-electron chi connectivity index (χ2n) is 4.07. The minimum absolute atomic E-state index is 0.291. The van der Waals surface area contributed by atoms with Crippen LogP contribution in [0.3, 0.4) is 0 Å². The van der Waals surface area contributed by atoms with Crippen LogP contribution in [0.4, 0.5) is 0 Å². The van der Waals surface area contributed by atoms with Gasteiger partial charge >= 0.3 is 0 Å². The molecule has 2 N–H and O–H groups in total. The third-order valence-electron chi connectivity index (χ3n) is 2.99. The largest absolute Gasteiger partial charge is 0.493 e. The van der Waals surface area contributed by atoms with E-state index in [2.05, 4.69) is 0 Å². The molecule has 18 heavy (non-hydrogen) atoms. The Kier molecular flexibility index (Phi) is 3.68. The summed E-state index contributed by atoms with van der Waals surface area (Å²) in [5.74, 6) is 1.05. The molecule has 1 aromatic carbocycles. The molecule has 0 saturated carbocycles. The number of carbonyl (C=O) groups excluding carboxylic acids is 1. The van der Waals surface area contributed by atoms with Crippen LogP contribution < -0.4 is 15.2 Å². The molecule has 6 heteroatoms. The fraction of sp³-hybridized carbons (Fsp3) is 0.417. The molecule has 0 saturated heterocycles. The molecule has 1 unspecified atom stereocenters. The van der Waals surface area contributed by atoms with Crippen LogP contribution in [-0.4, -0.2) is 37.5 Å². The quantitative estimate of drug-likeness (QED) is 0.830. The highest BCUT2D eigenvalue weighted by Crippen LogP contribution is 2.40. The van der Waals surface area contributed by atoms with E-state index >= 15 is 0 Å². The Balaban J connectivity index is 2.40. The number of rotatable bonds is 3. The summed E-state index contributed by atoms with van der Waals surface area (Å²) in [4.78, 5) is 12.4. The van der Waals surface area contributed by atoms with Crippen LogP contribution in [-0.2, 0) is 11.2 Å². The zero-order chi connectivity index (χ0) is 13.3. The molecular formula is C12H16N2O3S. The summed E-state index contributed by atoms with van der Waals surface area (Å²) in [5, 5.41) is 0. The Morgan fingerprint density at radius 1 is 1.39 bits per heavy atom. The molecule has 1 atom stereocenters. The molecule has 98 valence electrons. The van der Waals surface area contributed by atoms with Gasteiger partial charge in [-0.05, 0) is 43.1 Å². The van der Waals surface area contributed by atoms with Crippen molar-refractivity contribution in [2.45, 2.75) is 17.4 Å². The van der Waals surface area contributed by atoms with Gasteiger partial charge in [-0.25, -0.2) is 4.31 Å². The molecule has 0 fully saturated rings. The molecule has 1 aliphatic heterocycles. The molecule has 0 spiro atoms. The number of methoxy groups -OCH3 is 2. The van der Waals surface area contributed by atoms with Crippen molar-refractivity contribution < 1.29 is 14.3 Å². The number of primary amides is 1. The van der Waals surface area contributed by atoms with Crippen LogP contribution in [0.25, 0.3) is 0 Å². The van der Waals surface area contributed by atoms with Crippen molar-refractivity contribution in [1.82, 2.24) is 4.31 Å². The predicted molar refractivity (Wildman–Crippen MR) is 69.9 cm³/mol. The zero-order valence-electron chi connectivity index (χ0n) is 10.6. The lowest BCUT2D eigenvalue weighted by atomic mass is 10.0. The summed E-state index contributed by atoms with van der Waals surface area (Å²) in [7, 11) is 5.06. The summed E-state index contributed by atoms with van der Waals surface area (Å²) in [5.41, 5.74) is 6.45. The number of carbonyl (C=O) groups is 1. The zero-order valence-corrected chi connectivity index (χ0v) is 11.4. The van der Waals surface area contributed by atoms with Gasteiger partial charge in [-0.3, -0.25) is 4.79 Å². The SMILES string of the molecule is COc1cc2c(cc1OC)SN(C)C(C(N)=O)C2. The summed E-state index contributed by atoms with van der Waals surface area (Å²) >= 11 is 1.49. The van der Waals surface area contributed by atoms with Crippen LogP contribution in [0, 0.1) is 0 Å². The second kappa shape index (κ2) is 5.07. The van der Waals surface area contributed by atoms with Crippen molar-refractivity contribution >= 4 is 17.9 Å². The number of hydrogen-bond acceptors (Lipinski definition) is 5. The molecular weight excluding hydrogens is 252 g/mol. The van der Waals surface area contributed by atoms with Crippen LogP contribution in [0.15, 0.2) is 17.0 Å². The molecule has 1 amide bonds. The van der Waals surface area contributed by atoms with Gasteiger partial charge in [0.2, 0.25) is 5.91 Å². The third kappa shape index (κ3) is 2.26.